The van der Waals surface area contributed by atoms with Gasteiger partial charge in [0.25, 0.3) is 0 Å². The van der Waals surface area contributed by atoms with Crippen molar-refractivity contribution in [3.8, 4) is 11.5 Å². The number of oxazole rings is 1. The zero-order valence-electron chi connectivity index (χ0n) is 14.3. The summed E-state index contributed by atoms with van der Waals surface area (Å²) in [6.45, 7) is 3.82. The molecule has 1 aliphatic heterocycles. The molecule has 2 aromatic rings. The lowest BCUT2D eigenvalue weighted by atomic mass is 10.1. The molecule has 0 bridgehead atoms. The predicted octanol–water partition coefficient (Wildman–Crippen LogP) is 1.68. The molecule has 1 aromatic carbocycles. The number of aliphatic imine (C=N–C) groups is 1. The maximum atomic E-state index is 11.2. The first-order valence-corrected chi connectivity index (χ1v) is 8.56. The minimum atomic E-state index is 0.107. The molecule has 1 fully saturated rings. The molecular formula is C18H23N5O2. The molecule has 3 N–H and O–H groups in total. The van der Waals surface area contributed by atoms with Gasteiger partial charge in [-0.25, -0.2) is 9.98 Å². The largest absolute Gasteiger partial charge is 0.444 e. The molecule has 0 aliphatic carbocycles. The highest BCUT2D eigenvalue weighted by molar-refractivity contribution is 5.81. The Bertz CT molecular complexity index is 716. The van der Waals surface area contributed by atoms with Crippen molar-refractivity contribution in [1.29, 1.82) is 0 Å². The van der Waals surface area contributed by atoms with E-state index in [4.69, 9.17) is 4.42 Å². The van der Waals surface area contributed by atoms with Crippen LogP contribution in [0, 0.1) is 0 Å². The lowest BCUT2D eigenvalue weighted by molar-refractivity contribution is -0.122. The predicted molar refractivity (Wildman–Crippen MR) is 95.9 cm³/mol. The molecular weight excluding hydrogens is 318 g/mol. The van der Waals surface area contributed by atoms with Gasteiger partial charge in [-0.3, -0.25) is 4.79 Å². The number of hydrogen-bond acceptors (Lipinski definition) is 4. The number of carbonyl (C=O) groups is 1. The van der Waals surface area contributed by atoms with Crippen molar-refractivity contribution in [3.63, 3.8) is 0 Å². The number of aromatic nitrogens is 1. The molecule has 3 rings (SSSR count). The number of rotatable bonds is 5. The molecule has 7 heteroatoms. The molecule has 25 heavy (non-hydrogen) atoms. The highest BCUT2D eigenvalue weighted by atomic mass is 16.3. The summed E-state index contributed by atoms with van der Waals surface area (Å²) in [5, 5.41) is 9.43. The van der Waals surface area contributed by atoms with E-state index >= 15 is 0 Å². The number of carbonyl (C=O) groups excluding carboxylic acids is 1. The number of benzene rings is 1. The van der Waals surface area contributed by atoms with Crippen LogP contribution in [0.4, 0.5) is 0 Å². The Labute approximate surface area is 146 Å². The fourth-order valence-corrected chi connectivity index (χ4v) is 2.62. The van der Waals surface area contributed by atoms with Gasteiger partial charge >= 0.3 is 0 Å². The van der Waals surface area contributed by atoms with Crippen molar-refractivity contribution in [2.45, 2.75) is 32.4 Å². The van der Waals surface area contributed by atoms with E-state index < -0.39 is 0 Å². The molecule has 1 atom stereocenters. The molecule has 0 spiro atoms. The van der Waals surface area contributed by atoms with E-state index in [1.54, 1.807) is 6.26 Å². The summed E-state index contributed by atoms with van der Waals surface area (Å²) in [5.41, 5.74) is 1.72. The number of nitrogens with zero attached hydrogens (tertiary/aromatic N) is 2. The second kappa shape index (κ2) is 8.32. The summed E-state index contributed by atoms with van der Waals surface area (Å²) < 4.78 is 5.54. The van der Waals surface area contributed by atoms with E-state index in [9.17, 15) is 4.79 Å². The van der Waals surface area contributed by atoms with Crippen LogP contribution in [-0.4, -0.2) is 36.0 Å². The van der Waals surface area contributed by atoms with Crippen molar-refractivity contribution in [1.82, 2.24) is 20.9 Å². The third kappa shape index (κ3) is 4.82. The molecule has 1 unspecified atom stereocenters. The van der Waals surface area contributed by atoms with Crippen molar-refractivity contribution >= 4 is 11.9 Å². The molecule has 1 saturated heterocycles. The molecule has 1 amide bonds. The van der Waals surface area contributed by atoms with Gasteiger partial charge in [-0.2, -0.15) is 0 Å². The van der Waals surface area contributed by atoms with Crippen LogP contribution < -0.4 is 16.0 Å². The van der Waals surface area contributed by atoms with Crippen LogP contribution in [0.1, 0.15) is 25.5 Å². The number of amides is 1. The molecule has 0 radical (unpaired) electrons. The van der Waals surface area contributed by atoms with Crippen LogP contribution in [0.15, 0.2) is 46.0 Å². The van der Waals surface area contributed by atoms with E-state index in [-0.39, 0.29) is 11.9 Å². The van der Waals surface area contributed by atoms with Crippen molar-refractivity contribution in [3.05, 3.63) is 42.3 Å². The first-order chi connectivity index (χ1) is 12.2. The smallest absolute Gasteiger partial charge is 0.226 e. The molecule has 2 heterocycles. The van der Waals surface area contributed by atoms with Gasteiger partial charge in [0.05, 0.1) is 6.54 Å². The molecule has 1 aromatic heterocycles. The van der Waals surface area contributed by atoms with Crippen LogP contribution in [0.3, 0.4) is 0 Å². The van der Waals surface area contributed by atoms with Crippen molar-refractivity contribution in [2.75, 3.05) is 13.1 Å². The number of piperidine rings is 1. The van der Waals surface area contributed by atoms with Gasteiger partial charge in [0.2, 0.25) is 11.8 Å². The lowest BCUT2D eigenvalue weighted by Crippen LogP contribution is -2.51. The molecule has 1 aliphatic rings. The van der Waals surface area contributed by atoms with Crippen molar-refractivity contribution < 1.29 is 9.21 Å². The Morgan fingerprint density at radius 3 is 2.96 bits per heavy atom. The summed E-state index contributed by atoms with van der Waals surface area (Å²) in [7, 11) is 0. The number of nitrogens with one attached hydrogen (secondary N) is 3. The Kier molecular flexibility index (Phi) is 5.66. The van der Waals surface area contributed by atoms with Gasteiger partial charge in [-0.05, 0) is 25.5 Å². The minimum Gasteiger partial charge on any atom is -0.444 e. The van der Waals surface area contributed by atoms with Gasteiger partial charge in [-0.15, -0.1) is 0 Å². The second-order valence-corrected chi connectivity index (χ2v) is 5.89. The SMILES string of the molecule is CCNC(=NCc1coc(-c2ccccc2)n1)NC1CCC(=O)NC1. The molecule has 132 valence electrons. The summed E-state index contributed by atoms with van der Waals surface area (Å²) in [5.74, 6) is 1.42. The summed E-state index contributed by atoms with van der Waals surface area (Å²) in [6, 6.07) is 9.97. The first kappa shape index (κ1) is 17.0. The average Bonchev–Trinajstić information content (AvgIpc) is 3.12. The normalized spacial score (nSPS) is 17.9. The quantitative estimate of drug-likeness (QED) is 0.568. The highest BCUT2D eigenvalue weighted by Gasteiger charge is 2.18. The number of hydrogen-bond donors (Lipinski definition) is 3. The van der Waals surface area contributed by atoms with E-state index in [1.165, 1.54) is 0 Å². The standard InChI is InChI=1S/C18H23N5O2/c1-2-19-18(23-14-8-9-16(24)20-10-14)21-11-15-12-25-17(22-15)13-6-4-3-5-7-13/h3-7,12,14H,2,8-11H2,1H3,(H,20,24)(H2,19,21,23). The van der Waals surface area contributed by atoms with Gasteiger partial charge in [0.15, 0.2) is 5.96 Å². The van der Waals surface area contributed by atoms with Gasteiger partial charge in [-0.1, -0.05) is 18.2 Å². The first-order valence-electron chi connectivity index (χ1n) is 8.56. The van der Waals surface area contributed by atoms with Crippen LogP contribution in [-0.2, 0) is 11.3 Å². The van der Waals surface area contributed by atoms with E-state index in [2.05, 4.69) is 25.9 Å². The third-order valence-electron chi connectivity index (χ3n) is 3.92. The van der Waals surface area contributed by atoms with Gasteiger partial charge in [0, 0.05) is 31.1 Å². The van der Waals surface area contributed by atoms with Crippen LogP contribution in [0.25, 0.3) is 11.5 Å². The van der Waals surface area contributed by atoms with Crippen LogP contribution in [0.2, 0.25) is 0 Å². The van der Waals surface area contributed by atoms with Crippen LogP contribution in [0.5, 0.6) is 0 Å². The fraction of sp³-hybridized carbons (Fsp3) is 0.389. The molecule has 7 nitrogen and oxygen atoms in total. The topological polar surface area (TPSA) is 91.6 Å². The highest BCUT2D eigenvalue weighted by Crippen LogP contribution is 2.18. The van der Waals surface area contributed by atoms with Gasteiger partial charge < -0.3 is 20.4 Å². The Balaban J connectivity index is 1.61. The molecule has 0 saturated carbocycles. The summed E-state index contributed by atoms with van der Waals surface area (Å²) >= 11 is 0. The lowest BCUT2D eigenvalue weighted by Gasteiger charge is -2.25. The van der Waals surface area contributed by atoms with Crippen LogP contribution >= 0.6 is 0 Å². The monoisotopic (exact) mass is 341 g/mol. The Morgan fingerprint density at radius 1 is 1.40 bits per heavy atom. The summed E-state index contributed by atoms with van der Waals surface area (Å²) in [6.07, 6.45) is 2.98. The minimum absolute atomic E-state index is 0.107. The van der Waals surface area contributed by atoms with E-state index in [0.29, 0.717) is 31.4 Å². The van der Waals surface area contributed by atoms with E-state index in [0.717, 1.165) is 24.2 Å². The fourth-order valence-electron chi connectivity index (χ4n) is 2.62. The van der Waals surface area contributed by atoms with E-state index in [1.807, 2.05) is 37.3 Å². The summed E-state index contributed by atoms with van der Waals surface area (Å²) in [4.78, 5) is 20.3. The Morgan fingerprint density at radius 2 is 2.24 bits per heavy atom. The second-order valence-electron chi connectivity index (χ2n) is 5.89. The maximum absolute atomic E-state index is 11.2. The zero-order valence-corrected chi connectivity index (χ0v) is 14.3. The Hall–Kier alpha value is -2.83. The van der Waals surface area contributed by atoms with Crippen molar-refractivity contribution in [2.24, 2.45) is 4.99 Å². The number of guanidine groups is 1. The maximum Gasteiger partial charge on any atom is 0.226 e. The van der Waals surface area contributed by atoms with Gasteiger partial charge in [0.1, 0.15) is 12.0 Å². The third-order valence-corrected chi connectivity index (χ3v) is 3.92. The average molecular weight is 341 g/mol. The zero-order chi connectivity index (χ0) is 17.5.